The highest BCUT2D eigenvalue weighted by atomic mass is 35.5. The van der Waals surface area contributed by atoms with Gasteiger partial charge in [-0.1, -0.05) is 17.9 Å². The second-order valence-electron chi connectivity index (χ2n) is 3.24. The van der Waals surface area contributed by atoms with E-state index in [0.29, 0.717) is 11.4 Å². The molecule has 0 radical (unpaired) electrons. The molecule has 0 unspecified atom stereocenters. The summed E-state index contributed by atoms with van der Waals surface area (Å²) in [6.07, 6.45) is 1.71. The van der Waals surface area contributed by atoms with E-state index in [-0.39, 0.29) is 0 Å². The van der Waals surface area contributed by atoms with Crippen LogP contribution in [0.25, 0.3) is 0 Å². The number of benzene rings is 1. The normalized spacial score (nSPS) is 8.87. The molecule has 0 saturated carbocycles. The molecule has 0 fully saturated rings. The van der Waals surface area contributed by atoms with Gasteiger partial charge in [0.25, 0.3) is 0 Å². The monoisotopic (exact) mass is 217 g/mol. The summed E-state index contributed by atoms with van der Waals surface area (Å²) in [4.78, 5) is 0. The lowest BCUT2D eigenvalue weighted by atomic mass is 10.1. The molecule has 0 aliphatic carbocycles. The van der Waals surface area contributed by atoms with Crippen LogP contribution in [-0.2, 0) is 0 Å². The lowest BCUT2D eigenvalue weighted by Gasteiger charge is -1.96. The molecule has 0 bridgehead atoms. The van der Waals surface area contributed by atoms with Crippen molar-refractivity contribution in [1.82, 2.24) is 0 Å². The van der Waals surface area contributed by atoms with Gasteiger partial charge in [0.05, 0.1) is 11.6 Å². The van der Waals surface area contributed by atoms with E-state index in [0.717, 1.165) is 24.0 Å². The molecule has 0 aliphatic rings. The summed E-state index contributed by atoms with van der Waals surface area (Å²) >= 11 is 5.54. The Labute approximate surface area is 95.7 Å². The maximum absolute atomic E-state index is 8.84. The average Bonchev–Trinajstić information content (AvgIpc) is 2.26. The average molecular weight is 218 g/mol. The number of nitriles is 1. The summed E-state index contributed by atoms with van der Waals surface area (Å²) in [7, 11) is 0. The van der Waals surface area contributed by atoms with Crippen LogP contribution in [0.1, 0.15) is 29.5 Å². The van der Waals surface area contributed by atoms with Gasteiger partial charge in [-0.05, 0) is 31.0 Å². The minimum Gasteiger partial charge on any atom is -0.192 e. The zero-order valence-corrected chi connectivity index (χ0v) is 9.43. The van der Waals surface area contributed by atoms with E-state index in [1.54, 1.807) is 0 Å². The number of hydrogen-bond acceptors (Lipinski definition) is 1. The number of alkyl halides is 1. The second-order valence-corrected chi connectivity index (χ2v) is 3.61. The zero-order valence-electron chi connectivity index (χ0n) is 8.68. The van der Waals surface area contributed by atoms with Crippen molar-refractivity contribution in [2.75, 3.05) is 5.88 Å². The van der Waals surface area contributed by atoms with E-state index in [1.165, 1.54) is 0 Å². The molecular weight excluding hydrogens is 206 g/mol. The fraction of sp³-hybridized carbons (Fsp3) is 0.308. The summed E-state index contributed by atoms with van der Waals surface area (Å²) in [5.41, 5.74) is 2.58. The number of halogens is 1. The number of aryl methyl sites for hydroxylation is 1. The van der Waals surface area contributed by atoms with Crippen LogP contribution in [-0.4, -0.2) is 5.88 Å². The Morgan fingerprint density at radius 2 is 2.20 bits per heavy atom. The number of rotatable bonds is 2. The van der Waals surface area contributed by atoms with Crippen molar-refractivity contribution in [3.8, 4) is 17.9 Å². The summed E-state index contributed by atoms with van der Waals surface area (Å²) in [6.45, 7) is 1.92. The van der Waals surface area contributed by atoms with Crippen molar-refractivity contribution < 1.29 is 0 Å². The Bertz CT molecular complexity index is 432. The van der Waals surface area contributed by atoms with Gasteiger partial charge in [-0.25, -0.2) is 0 Å². The molecule has 0 saturated heterocycles. The van der Waals surface area contributed by atoms with Crippen LogP contribution in [0, 0.1) is 30.1 Å². The molecule has 0 heterocycles. The molecule has 1 aromatic rings. The van der Waals surface area contributed by atoms with Gasteiger partial charge >= 0.3 is 0 Å². The van der Waals surface area contributed by atoms with Gasteiger partial charge in [-0.2, -0.15) is 5.26 Å². The molecule has 0 N–H and O–H groups in total. The minimum absolute atomic E-state index is 0.645. The fourth-order valence-corrected chi connectivity index (χ4v) is 1.27. The predicted molar refractivity (Wildman–Crippen MR) is 62.7 cm³/mol. The second kappa shape index (κ2) is 6.12. The smallest absolute Gasteiger partial charge is 0.0994 e. The Balaban J connectivity index is 2.78. The Morgan fingerprint density at radius 3 is 2.87 bits per heavy atom. The SMILES string of the molecule is Cc1ccc(C#CCCCCl)cc1C#N. The van der Waals surface area contributed by atoms with Gasteiger partial charge in [0, 0.05) is 17.9 Å². The van der Waals surface area contributed by atoms with E-state index >= 15 is 0 Å². The highest BCUT2D eigenvalue weighted by molar-refractivity contribution is 6.17. The maximum Gasteiger partial charge on any atom is 0.0994 e. The van der Waals surface area contributed by atoms with Gasteiger partial charge in [-0.15, -0.1) is 11.6 Å². The molecule has 0 aromatic heterocycles. The maximum atomic E-state index is 8.84. The standard InChI is InChI=1S/C13H12ClN/c1-11-6-7-12(9-13(11)10-15)5-3-2-4-8-14/h6-7,9H,2,4,8H2,1H3. The van der Waals surface area contributed by atoms with Gasteiger partial charge < -0.3 is 0 Å². The first-order valence-corrected chi connectivity index (χ1v) is 5.37. The van der Waals surface area contributed by atoms with E-state index in [1.807, 2.05) is 25.1 Å². The fourth-order valence-electron chi connectivity index (χ4n) is 1.14. The van der Waals surface area contributed by atoms with E-state index in [9.17, 15) is 0 Å². The Morgan fingerprint density at radius 1 is 1.40 bits per heavy atom. The predicted octanol–water partition coefficient (Wildman–Crippen LogP) is 3.24. The summed E-state index contributed by atoms with van der Waals surface area (Å²) < 4.78 is 0. The molecule has 15 heavy (non-hydrogen) atoms. The van der Waals surface area contributed by atoms with Crippen molar-refractivity contribution in [2.24, 2.45) is 0 Å². The quantitative estimate of drug-likeness (QED) is 0.424. The third-order valence-electron chi connectivity index (χ3n) is 2.03. The number of unbranched alkanes of at least 4 members (excludes halogenated alkanes) is 1. The first-order chi connectivity index (χ1) is 7.27. The van der Waals surface area contributed by atoms with Crippen LogP contribution in [0.5, 0.6) is 0 Å². The van der Waals surface area contributed by atoms with Crippen molar-refractivity contribution in [2.45, 2.75) is 19.8 Å². The molecule has 1 rings (SSSR count). The largest absolute Gasteiger partial charge is 0.192 e. The van der Waals surface area contributed by atoms with Gasteiger partial charge in [0.1, 0.15) is 0 Å². The highest BCUT2D eigenvalue weighted by Gasteiger charge is 1.96. The van der Waals surface area contributed by atoms with Gasteiger partial charge in [-0.3, -0.25) is 0 Å². The summed E-state index contributed by atoms with van der Waals surface area (Å²) in [6, 6.07) is 7.83. The molecule has 0 amide bonds. The molecule has 1 nitrogen and oxygen atoms in total. The van der Waals surface area contributed by atoms with Crippen LogP contribution in [0.15, 0.2) is 18.2 Å². The highest BCUT2D eigenvalue weighted by Crippen LogP contribution is 2.09. The molecule has 0 spiro atoms. The van der Waals surface area contributed by atoms with Crippen molar-refractivity contribution in [1.29, 1.82) is 5.26 Å². The summed E-state index contributed by atoms with van der Waals surface area (Å²) in [5, 5.41) is 8.84. The van der Waals surface area contributed by atoms with Crippen LogP contribution < -0.4 is 0 Å². The first kappa shape index (κ1) is 11.6. The lowest BCUT2D eigenvalue weighted by molar-refractivity contribution is 0.991. The van der Waals surface area contributed by atoms with Crippen LogP contribution in [0.4, 0.5) is 0 Å². The molecule has 0 atom stereocenters. The van der Waals surface area contributed by atoms with Crippen LogP contribution in [0.3, 0.4) is 0 Å². The minimum atomic E-state index is 0.645. The molecular formula is C13H12ClN. The Hall–Kier alpha value is -1.44. The molecule has 1 aromatic carbocycles. The van der Waals surface area contributed by atoms with Crippen molar-refractivity contribution in [3.05, 3.63) is 34.9 Å². The molecule has 76 valence electrons. The van der Waals surface area contributed by atoms with Crippen LogP contribution >= 0.6 is 11.6 Å². The van der Waals surface area contributed by atoms with E-state index in [4.69, 9.17) is 16.9 Å². The molecule has 0 aliphatic heterocycles. The molecule has 2 heteroatoms. The number of hydrogen-bond donors (Lipinski definition) is 0. The third-order valence-corrected chi connectivity index (χ3v) is 2.29. The zero-order chi connectivity index (χ0) is 11.1. The topological polar surface area (TPSA) is 23.8 Å². The van der Waals surface area contributed by atoms with E-state index in [2.05, 4.69) is 17.9 Å². The lowest BCUT2D eigenvalue weighted by Crippen LogP contribution is -1.83. The van der Waals surface area contributed by atoms with Gasteiger partial charge in [0.2, 0.25) is 0 Å². The van der Waals surface area contributed by atoms with E-state index < -0.39 is 0 Å². The Kier molecular flexibility index (Phi) is 4.75. The summed E-state index contributed by atoms with van der Waals surface area (Å²) in [5.74, 6) is 6.70. The van der Waals surface area contributed by atoms with Gasteiger partial charge in [0.15, 0.2) is 0 Å². The van der Waals surface area contributed by atoms with Crippen LogP contribution in [0.2, 0.25) is 0 Å². The van der Waals surface area contributed by atoms with Crippen molar-refractivity contribution in [3.63, 3.8) is 0 Å². The first-order valence-electron chi connectivity index (χ1n) is 4.83. The third kappa shape index (κ3) is 3.66. The number of nitrogens with zero attached hydrogens (tertiary/aromatic N) is 1. The van der Waals surface area contributed by atoms with Crippen molar-refractivity contribution >= 4 is 11.6 Å².